The summed E-state index contributed by atoms with van der Waals surface area (Å²) in [6.45, 7) is 14.6. The van der Waals surface area contributed by atoms with Gasteiger partial charge in [0.2, 0.25) is 0 Å². The minimum atomic E-state index is -0.238. The van der Waals surface area contributed by atoms with E-state index >= 15 is 0 Å². The third-order valence-corrected chi connectivity index (χ3v) is 4.73. The smallest absolute Gasteiger partial charge is 0.357 e. The number of piperidine rings is 1. The molecule has 2 rings (SSSR count). The number of rotatable bonds is 2. The molecule has 0 spiro atoms. The molecule has 0 unspecified atom stereocenters. The Labute approximate surface area is 134 Å². The molecule has 1 heterocycles. The summed E-state index contributed by atoms with van der Waals surface area (Å²) in [6.07, 6.45) is 3.24. The average Bonchev–Trinajstić information content (AvgIpc) is 2.32. The lowest BCUT2D eigenvalue weighted by molar-refractivity contribution is -0.240. The SMILES string of the molecule is Cc1cc(C)c(C(=O)ON2C(C)(C)CCCC2(C)C)c(C)c1. The third-order valence-electron chi connectivity index (χ3n) is 4.73. The minimum Gasteiger partial charge on any atom is -0.363 e. The van der Waals surface area contributed by atoms with Gasteiger partial charge in [0.25, 0.3) is 0 Å². The number of hydroxylamine groups is 2. The molecule has 1 aromatic carbocycles. The number of benzene rings is 1. The van der Waals surface area contributed by atoms with Crippen LogP contribution in [-0.4, -0.2) is 22.1 Å². The Kier molecular flexibility index (Phi) is 4.40. The van der Waals surface area contributed by atoms with Crippen molar-refractivity contribution < 1.29 is 9.63 Å². The molecule has 0 bridgehead atoms. The molecule has 1 aliphatic heterocycles. The Bertz CT molecular complexity index is 548. The van der Waals surface area contributed by atoms with Gasteiger partial charge in [-0.05, 0) is 78.9 Å². The van der Waals surface area contributed by atoms with Crippen LogP contribution in [0.15, 0.2) is 12.1 Å². The number of hydrogen-bond acceptors (Lipinski definition) is 3. The summed E-state index contributed by atoms with van der Waals surface area (Å²) in [6, 6.07) is 4.08. The summed E-state index contributed by atoms with van der Waals surface area (Å²) in [5, 5.41) is 1.92. The van der Waals surface area contributed by atoms with Gasteiger partial charge in [0, 0.05) is 0 Å². The molecule has 0 aromatic heterocycles. The largest absolute Gasteiger partial charge is 0.363 e. The molecule has 0 radical (unpaired) electrons. The molecule has 0 amide bonds. The van der Waals surface area contributed by atoms with Gasteiger partial charge in [-0.15, -0.1) is 5.06 Å². The van der Waals surface area contributed by atoms with Crippen molar-refractivity contribution in [1.82, 2.24) is 5.06 Å². The van der Waals surface area contributed by atoms with Gasteiger partial charge in [-0.1, -0.05) is 17.7 Å². The summed E-state index contributed by atoms with van der Waals surface area (Å²) in [5.74, 6) is -0.238. The Hall–Kier alpha value is -1.35. The molecular formula is C19H29NO2. The van der Waals surface area contributed by atoms with E-state index in [9.17, 15) is 4.79 Å². The Morgan fingerprint density at radius 2 is 1.45 bits per heavy atom. The van der Waals surface area contributed by atoms with E-state index < -0.39 is 0 Å². The highest BCUT2D eigenvalue weighted by Crippen LogP contribution is 2.38. The van der Waals surface area contributed by atoms with Crippen LogP contribution in [0.4, 0.5) is 0 Å². The average molecular weight is 303 g/mol. The summed E-state index contributed by atoms with van der Waals surface area (Å²) < 4.78 is 0. The van der Waals surface area contributed by atoms with E-state index in [1.807, 2.05) is 38.0 Å². The lowest BCUT2D eigenvalue weighted by atomic mass is 9.82. The maximum atomic E-state index is 12.8. The lowest BCUT2D eigenvalue weighted by Crippen LogP contribution is -2.58. The standard InChI is InChI=1S/C19H29NO2/c1-13-11-14(2)16(15(3)12-13)17(21)22-20-18(4,5)9-8-10-19(20,6)7/h11-12H,8-10H2,1-7H3. The molecule has 0 N–H and O–H groups in total. The quantitative estimate of drug-likeness (QED) is 0.791. The number of aryl methyl sites for hydroxylation is 3. The molecule has 1 aliphatic rings. The van der Waals surface area contributed by atoms with E-state index in [4.69, 9.17) is 4.84 Å². The highest BCUT2D eigenvalue weighted by atomic mass is 16.7. The molecule has 1 fully saturated rings. The van der Waals surface area contributed by atoms with Crippen LogP contribution < -0.4 is 0 Å². The van der Waals surface area contributed by atoms with Crippen LogP contribution in [0.5, 0.6) is 0 Å². The third kappa shape index (κ3) is 3.19. The van der Waals surface area contributed by atoms with Gasteiger partial charge in [0.05, 0.1) is 16.6 Å². The second kappa shape index (κ2) is 5.69. The van der Waals surface area contributed by atoms with Crippen molar-refractivity contribution in [2.24, 2.45) is 0 Å². The predicted molar refractivity (Wildman–Crippen MR) is 89.9 cm³/mol. The molecule has 122 valence electrons. The molecule has 0 atom stereocenters. The zero-order valence-electron chi connectivity index (χ0n) is 15.0. The normalized spacial score (nSPS) is 20.7. The van der Waals surface area contributed by atoms with E-state index in [1.54, 1.807) is 0 Å². The lowest BCUT2D eigenvalue weighted by Gasteiger charge is -2.50. The topological polar surface area (TPSA) is 29.5 Å². The summed E-state index contributed by atoms with van der Waals surface area (Å²) >= 11 is 0. The van der Waals surface area contributed by atoms with E-state index in [1.165, 1.54) is 5.56 Å². The van der Waals surface area contributed by atoms with Crippen molar-refractivity contribution >= 4 is 5.97 Å². The van der Waals surface area contributed by atoms with Crippen LogP contribution in [0.1, 0.15) is 74.0 Å². The van der Waals surface area contributed by atoms with E-state index in [0.29, 0.717) is 5.56 Å². The van der Waals surface area contributed by atoms with Crippen LogP contribution in [0, 0.1) is 20.8 Å². The second-order valence-electron chi connectivity index (χ2n) is 7.93. The minimum absolute atomic E-state index is 0.135. The van der Waals surface area contributed by atoms with Crippen molar-refractivity contribution in [3.8, 4) is 0 Å². The monoisotopic (exact) mass is 303 g/mol. The van der Waals surface area contributed by atoms with Gasteiger partial charge < -0.3 is 4.84 Å². The maximum absolute atomic E-state index is 12.8. The number of hydrogen-bond donors (Lipinski definition) is 0. The van der Waals surface area contributed by atoms with Crippen molar-refractivity contribution in [1.29, 1.82) is 0 Å². The number of nitrogens with zero attached hydrogens (tertiary/aromatic N) is 1. The molecule has 1 aromatic rings. The Morgan fingerprint density at radius 1 is 1.00 bits per heavy atom. The van der Waals surface area contributed by atoms with Gasteiger partial charge in [-0.2, -0.15) is 0 Å². The van der Waals surface area contributed by atoms with Gasteiger partial charge in [0.15, 0.2) is 0 Å². The first-order chi connectivity index (χ1) is 10.0. The van der Waals surface area contributed by atoms with Crippen molar-refractivity contribution in [2.45, 2.75) is 78.8 Å². The Balaban J connectivity index is 2.31. The molecule has 22 heavy (non-hydrogen) atoms. The molecule has 3 nitrogen and oxygen atoms in total. The van der Waals surface area contributed by atoms with Crippen molar-refractivity contribution in [3.63, 3.8) is 0 Å². The van der Waals surface area contributed by atoms with Crippen LogP contribution in [0.2, 0.25) is 0 Å². The van der Waals surface area contributed by atoms with Crippen LogP contribution in [0.25, 0.3) is 0 Å². The van der Waals surface area contributed by atoms with Crippen LogP contribution >= 0.6 is 0 Å². The molecule has 0 aliphatic carbocycles. The Morgan fingerprint density at radius 3 is 1.91 bits per heavy atom. The van der Waals surface area contributed by atoms with E-state index in [0.717, 1.165) is 30.4 Å². The van der Waals surface area contributed by atoms with Gasteiger partial charge >= 0.3 is 5.97 Å². The fourth-order valence-corrected chi connectivity index (χ4v) is 3.85. The predicted octanol–water partition coefficient (Wildman–Crippen LogP) is 4.73. The zero-order chi connectivity index (χ0) is 16.7. The first kappa shape index (κ1) is 17.0. The van der Waals surface area contributed by atoms with Gasteiger partial charge in [-0.25, -0.2) is 4.79 Å². The summed E-state index contributed by atoms with van der Waals surface area (Å²) in [5.41, 5.74) is 3.56. The summed E-state index contributed by atoms with van der Waals surface area (Å²) in [4.78, 5) is 18.7. The first-order valence-corrected chi connectivity index (χ1v) is 8.15. The van der Waals surface area contributed by atoms with Crippen molar-refractivity contribution in [2.75, 3.05) is 0 Å². The molecular weight excluding hydrogens is 274 g/mol. The first-order valence-electron chi connectivity index (χ1n) is 8.15. The van der Waals surface area contributed by atoms with Crippen LogP contribution in [0.3, 0.4) is 0 Å². The maximum Gasteiger partial charge on any atom is 0.357 e. The zero-order valence-corrected chi connectivity index (χ0v) is 15.0. The molecule has 0 saturated carbocycles. The van der Waals surface area contributed by atoms with E-state index in [-0.39, 0.29) is 17.0 Å². The van der Waals surface area contributed by atoms with Crippen molar-refractivity contribution in [3.05, 3.63) is 34.4 Å². The van der Waals surface area contributed by atoms with Gasteiger partial charge in [-0.3, -0.25) is 0 Å². The van der Waals surface area contributed by atoms with E-state index in [2.05, 4.69) is 27.7 Å². The highest BCUT2D eigenvalue weighted by Gasteiger charge is 2.44. The number of carbonyl (C=O) groups excluding carboxylic acids is 1. The van der Waals surface area contributed by atoms with Gasteiger partial charge in [0.1, 0.15) is 0 Å². The fraction of sp³-hybridized carbons (Fsp3) is 0.632. The molecule has 3 heteroatoms. The van der Waals surface area contributed by atoms with Crippen LogP contribution in [-0.2, 0) is 4.84 Å². The number of carbonyl (C=O) groups is 1. The fourth-order valence-electron chi connectivity index (χ4n) is 3.85. The highest BCUT2D eigenvalue weighted by molar-refractivity contribution is 5.92. The summed E-state index contributed by atoms with van der Waals surface area (Å²) in [7, 11) is 0. The second-order valence-corrected chi connectivity index (χ2v) is 7.93. The molecule has 1 saturated heterocycles.